The molecule has 1 aromatic rings. The Morgan fingerprint density at radius 3 is 2.47 bits per heavy atom. The number of aryl methyl sites for hydroxylation is 2. The molecule has 1 spiro atoms. The van der Waals surface area contributed by atoms with E-state index in [1.165, 1.54) is 11.1 Å². The summed E-state index contributed by atoms with van der Waals surface area (Å²) in [4.78, 5) is 15.1. The van der Waals surface area contributed by atoms with Gasteiger partial charge in [0.1, 0.15) is 0 Å². The van der Waals surface area contributed by atoms with Crippen LogP contribution in [0, 0.1) is 11.3 Å². The maximum Gasteiger partial charge on any atom is 0.243 e. The molecule has 0 radical (unpaired) electrons. The van der Waals surface area contributed by atoms with E-state index in [1.54, 1.807) is 10.4 Å². The third-order valence-corrected chi connectivity index (χ3v) is 9.96. The van der Waals surface area contributed by atoms with Gasteiger partial charge in [-0.3, -0.25) is 4.79 Å². The normalized spacial score (nSPS) is 26.4. The van der Waals surface area contributed by atoms with Gasteiger partial charge in [-0.05, 0) is 79.5 Å². The number of piperidine rings is 1. The first-order valence-electron chi connectivity index (χ1n) is 11.5. The molecule has 0 bridgehead atoms. The Labute approximate surface area is 179 Å². The molecule has 1 amide bonds. The molecule has 1 aromatic carbocycles. The zero-order valence-corrected chi connectivity index (χ0v) is 18.5. The van der Waals surface area contributed by atoms with Gasteiger partial charge in [-0.1, -0.05) is 6.07 Å². The topological polar surface area (TPSA) is 66.9 Å². The van der Waals surface area contributed by atoms with Crippen molar-refractivity contribution >= 4 is 15.9 Å². The Morgan fingerprint density at radius 2 is 1.77 bits per heavy atom. The van der Waals surface area contributed by atoms with E-state index in [0.29, 0.717) is 56.6 Å². The maximum absolute atomic E-state index is 13.2. The number of hydrogen-bond donors (Lipinski definition) is 0. The zero-order valence-electron chi connectivity index (χ0n) is 17.6. The molecule has 0 N–H and O–H groups in total. The molecule has 6 nitrogen and oxygen atoms in total. The highest BCUT2D eigenvalue weighted by atomic mass is 32.2. The van der Waals surface area contributed by atoms with Crippen LogP contribution in [-0.4, -0.2) is 62.9 Å². The quantitative estimate of drug-likeness (QED) is 0.734. The smallest absolute Gasteiger partial charge is 0.243 e. The molecule has 4 aliphatic rings. The van der Waals surface area contributed by atoms with Crippen LogP contribution in [0.3, 0.4) is 0 Å². The lowest BCUT2D eigenvalue weighted by molar-refractivity contribution is -0.140. The van der Waals surface area contributed by atoms with Crippen molar-refractivity contribution in [2.75, 3.05) is 39.4 Å². The molecule has 3 fully saturated rings. The van der Waals surface area contributed by atoms with Crippen molar-refractivity contribution in [1.29, 1.82) is 0 Å². The fourth-order valence-electron chi connectivity index (χ4n) is 5.92. The summed E-state index contributed by atoms with van der Waals surface area (Å²) < 4.78 is 33.5. The van der Waals surface area contributed by atoms with Gasteiger partial charge in [0.05, 0.1) is 18.1 Å². The molecule has 0 aromatic heterocycles. The van der Waals surface area contributed by atoms with Crippen molar-refractivity contribution in [3.05, 3.63) is 29.3 Å². The molecular formula is C23H32N2O4S. The lowest BCUT2D eigenvalue weighted by Crippen LogP contribution is -2.52. The average Bonchev–Trinajstić information content (AvgIpc) is 3.25. The molecular weight excluding hydrogens is 400 g/mol. The first-order chi connectivity index (χ1) is 14.5. The SMILES string of the molecule is O=C(CC1CCC12CCN(S(=O)(=O)c1ccc3c(c1)CCC3)CC2)N1CCOCC1. The Bertz CT molecular complexity index is 915. The molecule has 1 unspecified atom stereocenters. The number of benzene rings is 1. The molecule has 2 aliphatic carbocycles. The highest BCUT2D eigenvalue weighted by molar-refractivity contribution is 7.89. The van der Waals surface area contributed by atoms with Crippen molar-refractivity contribution in [3.8, 4) is 0 Å². The van der Waals surface area contributed by atoms with Gasteiger partial charge in [0.25, 0.3) is 0 Å². The second kappa shape index (κ2) is 7.92. The number of rotatable bonds is 4. The summed E-state index contributed by atoms with van der Waals surface area (Å²) in [6.07, 6.45) is 7.74. The maximum atomic E-state index is 13.2. The molecule has 30 heavy (non-hydrogen) atoms. The van der Waals surface area contributed by atoms with Crippen LogP contribution < -0.4 is 0 Å². The van der Waals surface area contributed by atoms with Gasteiger partial charge in [-0.25, -0.2) is 8.42 Å². The highest BCUT2D eigenvalue weighted by Gasteiger charge is 2.50. The molecule has 164 valence electrons. The predicted octanol–water partition coefficient (Wildman–Crippen LogP) is 2.61. The fourth-order valence-corrected chi connectivity index (χ4v) is 7.41. The summed E-state index contributed by atoms with van der Waals surface area (Å²) in [6, 6.07) is 5.69. The van der Waals surface area contributed by atoms with E-state index >= 15 is 0 Å². The van der Waals surface area contributed by atoms with Gasteiger partial charge >= 0.3 is 0 Å². The van der Waals surface area contributed by atoms with Gasteiger partial charge in [-0.15, -0.1) is 0 Å². The number of ether oxygens (including phenoxy) is 1. The number of fused-ring (bicyclic) bond motifs is 1. The van der Waals surface area contributed by atoms with Gasteiger partial charge in [-0.2, -0.15) is 4.31 Å². The number of amides is 1. The van der Waals surface area contributed by atoms with Crippen LogP contribution in [0.25, 0.3) is 0 Å². The lowest BCUT2D eigenvalue weighted by atomic mass is 9.55. The molecule has 2 saturated heterocycles. The minimum Gasteiger partial charge on any atom is -0.378 e. The summed E-state index contributed by atoms with van der Waals surface area (Å²) in [6.45, 7) is 3.81. The van der Waals surface area contributed by atoms with Crippen LogP contribution in [0.1, 0.15) is 49.7 Å². The monoisotopic (exact) mass is 432 g/mol. The van der Waals surface area contributed by atoms with Crippen LogP contribution >= 0.6 is 0 Å². The number of nitrogens with zero attached hydrogens (tertiary/aromatic N) is 2. The Balaban J connectivity index is 1.22. The fraction of sp³-hybridized carbons (Fsp3) is 0.696. The Morgan fingerprint density at radius 1 is 1.03 bits per heavy atom. The number of carbonyl (C=O) groups is 1. The summed E-state index contributed by atoms with van der Waals surface area (Å²) in [5.74, 6) is 0.647. The van der Waals surface area contributed by atoms with Gasteiger partial charge < -0.3 is 9.64 Å². The van der Waals surface area contributed by atoms with Crippen molar-refractivity contribution in [2.45, 2.75) is 56.3 Å². The summed E-state index contributed by atoms with van der Waals surface area (Å²) in [5, 5.41) is 0. The minimum atomic E-state index is -3.43. The van der Waals surface area contributed by atoms with Gasteiger partial charge in [0, 0.05) is 32.6 Å². The van der Waals surface area contributed by atoms with E-state index in [0.717, 1.165) is 44.9 Å². The van der Waals surface area contributed by atoms with Crippen molar-refractivity contribution in [2.24, 2.45) is 11.3 Å². The van der Waals surface area contributed by atoms with Crippen LogP contribution in [0.2, 0.25) is 0 Å². The third kappa shape index (κ3) is 3.59. The Kier molecular flexibility index (Phi) is 5.40. The molecule has 2 heterocycles. The van der Waals surface area contributed by atoms with Crippen LogP contribution in [0.15, 0.2) is 23.1 Å². The Hall–Kier alpha value is -1.44. The molecule has 1 atom stereocenters. The van der Waals surface area contributed by atoms with E-state index in [4.69, 9.17) is 4.74 Å². The largest absolute Gasteiger partial charge is 0.378 e. The number of hydrogen-bond acceptors (Lipinski definition) is 4. The number of morpholine rings is 1. The van der Waals surface area contributed by atoms with Crippen molar-refractivity contribution in [3.63, 3.8) is 0 Å². The van der Waals surface area contributed by atoms with Gasteiger partial charge in [0.2, 0.25) is 15.9 Å². The van der Waals surface area contributed by atoms with E-state index in [2.05, 4.69) is 0 Å². The third-order valence-electron chi connectivity index (χ3n) is 8.07. The molecule has 7 heteroatoms. The highest BCUT2D eigenvalue weighted by Crippen LogP contribution is 2.55. The van der Waals surface area contributed by atoms with E-state index in [9.17, 15) is 13.2 Å². The van der Waals surface area contributed by atoms with Crippen molar-refractivity contribution < 1.29 is 17.9 Å². The summed E-state index contributed by atoms with van der Waals surface area (Å²) in [7, 11) is -3.43. The molecule has 5 rings (SSSR count). The number of sulfonamides is 1. The second-order valence-corrected chi connectivity index (χ2v) is 11.4. The van der Waals surface area contributed by atoms with Gasteiger partial charge in [0.15, 0.2) is 0 Å². The standard InChI is InChI=1S/C23H32N2O4S/c26-22(24-12-14-29-15-13-24)17-20-6-7-23(20)8-10-25(11-9-23)30(27,28)21-5-4-18-2-1-3-19(18)16-21/h4-5,16,20H,1-3,6-15,17H2. The van der Waals surface area contributed by atoms with E-state index in [1.807, 2.05) is 17.0 Å². The first kappa shape index (κ1) is 20.5. The van der Waals surface area contributed by atoms with Crippen molar-refractivity contribution in [1.82, 2.24) is 9.21 Å². The lowest BCUT2D eigenvalue weighted by Gasteiger charge is -2.54. The number of carbonyl (C=O) groups excluding carboxylic acids is 1. The predicted molar refractivity (Wildman–Crippen MR) is 114 cm³/mol. The van der Waals surface area contributed by atoms with Crippen LogP contribution in [0.4, 0.5) is 0 Å². The minimum absolute atomic E-state index is 0.159. The molecule has 2 aliphatic heterocycles. The van der Waals surface area contributed by atoms with Crippen LogP contribution in [-0.2, 0) is 32.4 Å². The molecule has 1 saturated carbocycles. The van der Waals surface area contributed by atoms with E-state index in [-0.39, 0.29) is 11.3 Å². The first-order valence-corrected chi connectivity index (χ1v) is 12.9. The average molecular weight is 433 g/mol. The summed E-state index contributed by atoms with van der Waals surface area (Å²) in [5.41, 5.74) is 2.66. The summed E-state index contributed by atoms with van der Waals surface area (Å²) >= 11 is 0. The van der Waals surface area contributed by atoms with E-state index < -0.39 is 10.0 Å². The zero-order chi connectivity index (χ0) is 20.8. The second-order valence-electron chi connectivity index (χ2n) is 9.48. The van der Waals surface area contributed by atoms with Crippen LogP contribution in [0.5, 0.6) is 0 Å².